The topological polar surface area (TPSA) is 85.4 Å². The van der Waals surface area contributed by atoms with E-state index < -0.39 is 5.97 Å². The molecule has 0 fully saturated rings. The number of carboxylic acid groups (broad SMARTS) is 1. The molecule has 1 heterocycles. The molecule has 0 saturated carbocycles. The van der Waals surface area contributed by atoms with Crippen LogP contribution >= 0.6 is 23.2 Å². The maximum Gasteiger partial charge on any atom is 0.335 e. The summed E-state index contributed by atoms with van der Waals surface area (Å²) >= 11 is 12.6. The minimum atomic E-state index is -0.993. The monoisotopic (exact) mass is 468 g/mol. The fourth-order valence-corrected chi connectivity index (χ4v) is 4.66. The summed E-state index contributed by atoms with van der Waals surface area (Å²) in [7, 11) is 0. The summed E-state index contributed by atoms with van der Waals surface area (Å²) in [6, 6.07) is 15.7. The van der Waals surface area contributed by atoms with Gasteiger partial charge < -0.3 is 15.6 Å². The predicted molar refractivity (Wildman–Crippen MR) is 126 cm³/mol. The van der Waals surface area contributed by atoms with Gasteiger partial charge in [-0.15, -0.1) is 0 Å². The van der Waals surface area contributed by atoms with Crippen molar-refractivity contribution in [3.63, 3.8) is 0 Å². The molecule has 5 nitrogen and oxygen atoms in total. The molecule has 0 radical (unpaired) electrons. The van der Waals surface area contributed by atoms with Crippen LogP contribution in [0.15, 0.2) is 72.6 Å². The first-order valence-corrected chi connectivity index (χ1v) is 11.0. The second-order valence-electron chi connectivity index (χ2n) is 7.79. The Bertz CT molecular complexity index is 1160. The quantitative estimate of drug-likeness (QED) is 0.475. The summed E-state index contributed by atoms with van der Waals surface area (Å²) in [5.41, 5.74) is 10.9. The van der Waals surface area contributed by atoms with E-state index in [1.807, 2.05) is 30.5 Å². The van der Waals surface area contributed by atoms with E-state index in [1.54, 1.807) is 24.4 Å². The Morgan fingerprint density at radius 3 is 2.69 bits per heavy atom. The average Bonchev–Trinajstić information content (AvgIpc) is 2.79. The van der Waals surface area contributed by atoms with Gasteiger partial charge in [0.1, 0.15) is 12.4 Å². The molecule has 32 heavy (non-hydrogen) atoms. The highest BCUT2D eigenvalue weighted by atomic mass is 35.5. The summed E-state index contributed by atoms with van der Waals surface area (Å²) in [5, 5.41) is 10.4. The lowest BCUT2D eigenvalue weighted by molar-refractivity contribution is 0.0696. The van der Waals surface area contributed by atoms with Crippen LogP contribution in [0.3, 0.4) is 0 Å². The van der Waals surface area contributed by atoms with Crippen LogP contribution in [0.1, 0.15) is 40.2 Å². The van der Waals surface area contributed by atoms with Crippen molar-refractivity contribution in [2.24, 2.45) is 5.73 Å². The van der Waals surface area contributed by atoms with Crippen LogP contribution in [0.2, 0.25) is 10.0 Å². The van der Waals surface area contributed by atoms with E-state index in [4.69, 9.17) is 33.7 Å². The number of rotatable bonds is 6. The molecule has 0 aliphatic heterocycles. The number of hydrogen-bond acceptors (Lipinski definition) is 4. The third kappa shape index (κ3) is 4.96. The van der Waals surface area contributed by atoms with E-state index in [-0.39, 0.29) is 17.5 Å². The summed E-state index contributed by atoms with van der Waals surface area (Å²) in [4.78, 5) is 15.5. The Labute approximate surface area is 196 Å². The number of allylic oxidation sites excluding steroid dienone is 1. The van der Waals surface area contributed by atoms with Gasteiger partial charge >= 0.3 is 5.97 Å². The lowest BCUT2D eigenvalue weighted by atomic mass is 9.75. The normalized spacial score (nSPS) is 18.5. The zero-order valence-corrected chi connectivity index (χ0v) is 18.7. The molecular weight excluding hydrogens is 447 g/mol. The van der Waals surface area contributed by atoms with Crippen LogP contribution in [0.25, 0.3) is 5.57 Å². The predicted octanol–water partition coefficient (Wildman–Crippen LogP) is 5.82. The largest absolute Gasteiger partial charge is 0.489 e. The number of carboxylic acids is 1. The van der Waals surface area contributed by atoms with Gasteiger partial charge in [-0.1, -0.05) is 41.4 Å². The minimum absolute atomic E-state index is 0.0223. The van der Waals surface area contributed by atoms with Crippen molar-refractivity contribution in [3.05, 3.63) is 99.3 Å². The van der Waals surface area contributed by atoms with Crippen LogP contribution in [0.5, 0.6) is 5.75 Å². The number of benzene rings is 2. The number of ether oxygens (including phenoxy) is 1. The van der Waals surface area contributed by atoms with Crippen LogP contribution in [-0.2, 0) is 0 Å². The fraction of sp³-hybridized carbons (Fsp3) is 0.200. The van der Waals surface area contributed by atoms with Crippen LogP contribution in [0.4, 0.5) is 0 Å². The molecule has 2 unspecified atom stereocenters. The van der Waals surface area contributed by atoms with Gasteiger partial charge in [-0.3, -0.25) is 4.98 Å². The molecule has 1 aromatic heterocycles. The molecule has 0 bridgehead atoms. The SMILES string of the molecule is NC1CC(COc2cccc(C(=O)O)c2)=C(c2cccnc2)CC1c1ccc(Cl)cc1Cl. The third-order valence-corrected chi connectivity index (χ3v) is 6.28. The maximum atomic E-state index is 11.3. The van der Waals surface area contributed by atoms with Gasteiger partial charge in [0, 0.05) is 34.4 Å². The zero-order valence-electron chi connectivity index (χ0n) is 17.2. The van der Waals surface area contributed by atoms with Gasteiger partial charge in [0.25, 0.3) is 0 Å². The number of nitrogens with two attached hydrogens (primary N) is 1. The molecule has 0 saturated heterocycles. The van der Waals surface area contributed by atoms with Crippen molar-refractivity contribution in [3.8, 4) is 5.75 Å². The Balaban J connectivity index is 1.65. The van der Waals surface area contributed by atoms with Crippen LogP contribution in [-0.4, -0.2) is 28.7 Å². The van der Waals surface area contributed by atoms with E-state index in [2.05, 4.69) is 4.98 Å². The van der Waals surface area contributed by atoms with Gasteiger partial charge in [0.05, 0.1) is 5.56 Å². The summed E-state index contributed by atoms with van der Waals surface area (Å²) in [6.07, 6.45) is 4.87. The second kappa shape index (κ2) is 9.74. The number of hydrogen-bond donors (Lipinski definition) is 2. The van der Waals surface area contributed by atoms with Crippen molar-refractivity contribution in [2.75, 3.05) is 6.61 Å². The average molecular weight is 469 g/mol. The maximum absolute atomic E-state index is 11.3. The first kappa shape index (κ1) is 22.3. The molecule has 0 spiro atoms. The van der Waals surface area contributed by atoms with Crippen molar-refractivity contribution in [1.82, 2.24) is 4.98 Å². The lowest BCUT2D eigenvalue weighted by Crippen LogP contribution is -2.34. The van der Waals surface area contributed by atoms with Crippen molar-refractivity contribution >= 4 is 34.7 Å². The summed E-state index contributed by atoms with van der Waals surface area (Å²) in [6.45, 7) is 0.308. The van der Waals surface area contributed by atoms with Gasteiger partial charge in [-0.25, -0.2) is 4.79 Å². The second-order valence-corrected chi connectivity index (χ2v) is 8.63. The smallest absolute Gasteiger partial charge is 0.335 e. The Hall–Kier alpha value is -2.86. The summed E-state index contributed by atoms with van der Waals surface area (Å²) < 4.78 is 5.98. The van der Waals surface area contributed by atoms with Gasteiger partial charge in [0.2, 0.25) is 0 Å². The van der Waals surface area contributed by atoms with E-state index in [9.17, 15) is 9.90 Å². The van der Waals surface area contributed by atoms with E-state index in [0.29, 0.717) is 35.2 Å². The fourth-order valence-electron chi connectivity index (χ4n) is 4.11. The first-order valence-electron chi connectivity index (χ1n) is 10.2. The first-order chi connectivity index (χ1) is 15.4. The van der Waals surface area contributed by atoms with Crippen molar-refractivity contribution < 1.29 is 14.6 Å². The number of pyridine rings is 1. The molecule has 7 heteroatoms. The number of carbonyl (C=O) groups is 1. The van der Waals surface area contributed by atoms with Crippen molar-refractivity contribution in [2.45, 2.75) is 24.8 Å². The lowest BCUT2D eigenvalue weighted by Gasteiger charge is -2.33. The number of aromatic carboxylic acids is 1. The number of halogens is 2. The molecular formula is C25H22Cl2N2O3. The van der Waals surface area contributed by atoms with E-state index in [0.717, 1.165) is 22.3 Å². The Morgan fingerprint density at radius 2 is 1.97 bits per heavy atom. The zero-order chi connectivity index (χ0) is 22.7. The third-order valence-electron chi connectivity index (χ3n) is 5.72. The molecule has 4 rings (SSSR count). The molecule has 2 aromatic carbocycles. The Morgan fingerprint density at radius 1 is 1.12 bits per heavy atom. The highest BCUT2D eigenvalue weighted by Crippen LogP contribution is 2.42. The summed E-state index contributed by atoms with van der Waals surface area (Å²) in [5.74, 6) is -0.471. The Kier molecular flexibility index (Phi) is 6.80. The molecule has 3 N–H and O–H groups in total. The van der Waals surface area contributed by atoms with Crippen LogP contribution in [0, 0.1) is 0 Å². The van der Waals surface area contributed by atoms with Gasteiger partial charge in [0.15, 0.2) is 0 Å². The van der Waals surface area contributed by atoms with E-state index >= 15 is 0 Å². The molecule has 2 atom stereocenters. The highest BCUT2D eigenvalue weighted by Gasteiger charge is 2.31. The molecule has 164 valence electrons. The van der Waals surface area contributed by atoms with Gasteiger partial charge in [-0.2, -0.15) is 0 Å². The molecule has 1 aliphatic carbocycles. The van der Waals surface area contributed by atoms with E-state index in [1.165, 1.54) is 12.1 Å². The molecule has 0 amide bonds. The van der Waals surface area contributed by atoms with Crippen LogP contribution < -0.4 is 10.5 Å². The molecule has 3 aromatic rings. The number of aromatic nitrogens is 1. The highest BCUT2D eigenvalue weighted by molar-refractivity contribution is 6.35. The minimum Gasteiger partial charge on any atom is -0.489 e. The molecule has 1 aliphatic rings. The van der Waals surface area contributed by atoms with Gasteiger partial charge in [-0.05, 0) is 71.5 Å². The van der Waals surface area contributed by atoms with Crippen molar-refractivity contribution in [1.29, 1.82) is 0 Å². The number of nitrogens with zero attached hydrogens (tertiary/aromatic N) is 1. The standard InChI is InChI=1S/C25H22Cl2N2O3/c26-18-6-7-20(23(27)11-18)22-12-21(16-4-2-8-29-13-16)17(10-24(22)28)14-32-19-5-1-3-15(9-19)25(30)31/h1-9,11,13,22,24H,10,12,14,28H2,(H,30,31).